The number of hydrogen-bond acceptors (Lipinski definition) is 7. The molecule has 3 atom stereocenters. The molecule has 0 saturated carbocycles. The first-order valence-corrected chi connectivity index (χ1v) is 11.0. The van der Waals surface area contributed by atoms with Gasteiger partial charge in [-0.05, 0) is 24.5 Å². The number of thioether (sulfide) groups is 1. The van der Waals surface area contributed by atoms with Crippen molar-refractivity contribution < 1.29 is 34.4 Å². The molecule has 1 aliphatic rings. The summed E-state index contributed by atoms with van der Waals surface area (Å²) in [4.78, 5) is 37.0. The molecule has 0 aliphatic carbocycles. The van der Waals surface area contributed by atoms with Crippen LogP contribution in [-0.2, 0) is 20.7 Å². The number of carbonyl (C=O) groups is 3. The fraction of sp³-hybridized carbons (Fsp3) is 0.318. The van der Waals surface area contributed by atoms with Crippen LogP contribution >= 0.6 is 11.8 Å². The summed E-state index contributed by atoms with van der Waals surface area (Å²) in [6, 6.07) is 14.9. The zero-order valence-electron chi connectivity index (χ0n) is 17.1. The molecule has 0 spiro atoms. The van der Waals surface area contributed by atoms with Gasteiger partial charge >= 0.3 is 12.1 Å². The van der Waals surface area contributed by atoms with Gasteiger partial charge in [-0.15, -0.1) is 11.8 Å². The Kier molecular flexibility index (Phi) is 7.96. The lowest BCUT2D eigenvalue weighted by Crippen LogP contribution is -2.48. The molecule has 2 aromatic carbocycles. The van der Waals surface area contributed by atoms with Crippen LogP contribution < -0.4 is 5.32 Å². The Morgan fingerprint density at radius 2 is 1.78 bits per heavy atom. The van der Waals surface area contributed by atoms with E-state index in [1.165, 1.54) is 22.7 Å². The fourth-order valence-corrected chi connectivity index (χ4v) is 4.86. The van der Waals surface area contributed by atoms with E-state index in [0.29, 0.717) is 12.0 Å². The molecule has 1 aliphatic heterocycles. The summed E-state index contributed by atoms with van der Waals surface area (Å²) in [7, 11) is 0. The molecule has 1 fully saturated rings. The molecule has 0 aromatic heterocycles. The molecule has 2 unspecified atom stereocenters. The highest BCUT2D eigenvalue weighted by Gasteiger charge is 2.41. The van der Waals surface area contributed by atoms with Gasteiger partial charge in [0.25, 0.3) is 0 Å². The Morgan fingerprint density at radius 3 is 2.44 bits per heavy atom. The maximum atomic E-state index is 13.0. The molecule has 10 heteroatoms. The molecule has 3 rings (SSSR count). The van der Waals surface area contributed by atoms with Gasteiger partial charge in [0.15, 0.2) is 6.23 Å². The summed E-state index contributed by atoms with van der Waals surface area (Å²) in [6.45, 7) is -0.324. The van der Waals surface area contributed by atoms with E-state index in [-0.39, 0.29) is 24.5 Å². The number of para-hydroxylation sites is 1. The Morgan fingerprint density at radius 1 is 1.09 bits per heavy atom. The number of carbonyl (C=O) groups excluding carboxylic acids is 1. The first kappa shape index (κ1) is 23.4. The van der Waals surface area contributed by atoms with Crippen LogP contribution in [0.5, 0.6) is 5.75 Å². The van der Waals surface area contributed by atoms with Gasteiger partial charge < -0.3 is 20.1 Å². The fourth-order valence-electron chi connectivity index (χ4n) is 3.49. The molecule has 2 aromatic rings. The zero-order chi connectivity index (χ0) is 23.1. The molecule has 1 amide bonds. The van der Waals surface area contributed by atoms with Crippen molar-refractivity contribution in [3.63, 3.8) is 0 Å². The zero-order valence-corrected chi connectivity index (χ0v) is 17.9. The number of rotatable bonds is 9. The Balaban J connectivity index is 1.70. The lowest BCUT2D eigenvalue weighted by Gasteiger charge is -2.29. The van der Waals surface area contributed by atoms with Gasteiger partial charge in [-0.3, -0.25) is 19.8 Å². The average molecular weight is 461 g/mol. The second-order valence-electron chi connectivity index (χ2n) is 7.18. The maximum absolute atomic E-state index is 13.0. The van der Waals surface area contributed by atoms with Crippen LogP contribution in [0.25, 0.3) is 0 Å². The molecule has 32 heavy (non-hydrogen) atoms. The van der Waals surface area contributed by atoms with Crippen molar-refractivity contribution in [2.45, 2.75) is 30.5 Å². The molecule has 1 heterocycles. The van der Waals surface area contributed by atoms with E-state index >= 15 is 0 Å². The van der Waals surface area contributed by atoms with Gasteiger partial charge in [0.05, 0.1) is 12.3 Å². The first-order chi connectivity index (χ1) is 15.4. The lowest BCUT2D eigenvalue weighted by molar-refractivity contribution is -0.141. The number of hydrogen-bond donors (Lipinski definition) is 4. The maximum Gasteiger partial charge on any atom is 0.507 e. The van der Waals surface area contributed by atoms with Crippen molar-refractivity contribution in [2.24, 2.45) is 0 Å². The molecule has 1 saturated heterocycles. The number of aromatic hydroxyl groups is 1. The van der Waals surface area contributed by atoms with Crippen LogP contribution in [0.2, 0.25) is 0 Å². The number of phenols is 1. The van der Waals surface area contributed by atoms with Crippen LogP contribution in [0.3, 0.4) is 0 Å². The Hall–Kier alpha value is -3.24. The summed E-state index contributed by atoms with van der Waals surface area (Å²) in [5.41, 5.74) is 1.43. The third kappa shape index (κ3) is 5.92. The van der Waals surface area contributed by atoms with E-state index in [9.17, 15) is 24.6 Å². The number of phenolic OH excluding ortho intramolecular Hbond substituents is 1. The normalized spacial score (nSPS) is 18.8. The van der Waals surface area contributed by atoms with E-state index in [4.69, 9.17) is 9.84 Å². The average Bonchev–Trinajstić information content (AvgIpc) is 3.17. The molecule has 0 radical (unpaired) electrons. The van der Waals surface area contributed by atoms with Crippen molar-refractivity contribution in [2.75, 3.05) is 12.3 Å². The number of benzene rings is 2. The number of carboxylic acid groups (broad SMARTS) is 2. The van der Waals surface area contributed by atoms with Gasteiger partial charge in [0.1, 0.15) is 17.2 Å². The van der Waals surface area contributed by atoms with E-state index in [2.05, 4.69) is 5.32 Å². The van der Waals surface area contributed by atoms with Gasteiger partial charge in [0.2, 0.25) is 5.91 Å². The van der Waals surface area contributed by atoms with Gasteiger partial charge in [-0.25, -0.2) is 4.79 Å². The summed E-state index contributed by atoms with van der Waals surface area (Å²) in [5, 5.41) is 30.9. The predicted molar refractivity (Wildman–Crippen MR) is 117 cm³/mol. The van der Waals surface area contributed by atoms with Crippen molar-refractivity contribution >= 4 is 29.8 Å². The van der Waals surface area contributed by atoms with Crippen LogP contribution in [-0.4, -0.2) is 62.8 Å². The Labute approximate surface area is 189 Å². The standard InChI is InChI=1S/C22H24N2O7S/c25-17-9-5-4-8-15(17)20-24(19(13-32-20)31-22(29)30)18(26)12-23-16(21(27)28)11-10-14-6-2-1-3-7-14/h1-9,16,19-20,23,25H,10-13H2,(H,27,28)(H,29,30)/t16?,19-,20?/m1/s1. The third-order valence-electron chi connectivity index (χ3n) is 5.05. The topological polar surface area (TPSA) is 136 Å². The first-order valence-electron chi connectivity index (χ1n) is 9.97. The smallest absolute Gasteiger partial charge is 0.507 e. The van der Waals surface area contributed by atoms with Crippen LogP contribution in [0.4, 0.5) is 4.79 Å². The quantitative estimate of drug-likeness (QED) is 0.416. The summed E-state index contributed by atoms with van der Waals surface area (Å²) in [6.07, 6.45) is -1.78. The second-order valence-corrected chi connectivity index (χ2v) is 8.29. The van der Waals surface area contributed by atoms with E-state index in [0.717, 1.165) is 5.56 Å². The summed E-state index contributed by atoms with van der Waals surface area (Å²) in [5.74, 6) is -1.45. The van der Waals surface area contributed by atoms with Crippen molar-refractivity contribution in [1.82, 2.24) is 10.2 Å². The Bertz CT molecular complexity index is 956. The number of carboxylic acids is 1. The molecular weight excluding hydrogens is 436 g/mol. The second kappa shape index (κ2) is 10.9. The molecule has 170 valence electrons. The largest absolute Gasteiger partial charge is 0.508 e. The van der Waals surface area contributed by atoms with Crippen molar-refractivity contribution in [1.29, 1.82) is 0 Å². The molecule has 9 nitrogen and oxygen atoms in total. The SMILES string of the molecule is O=C(O)O[C@@H]1CSC(c2ccccc2O)N1C(=O)CNC(CCc1ccccc1)C(=O)O. The minimum Gasteiger partial charge on any atom is -0.508 e. The number of aryl methyl sites for hydroxylation is 1. The number of nitrogens with zero attached hydrogens (tertiary/aromatic N) is 1. The van der Waals surface area contributed by atoms with Gasteiger partial charge in [-0.2, -0.15) is 0 Å². The van der Waals surface area contributed by atoms with Gasteiger partial charge in [0, 0.05) is 5.56 Å². The minimum atomic E-state index is -1.52. The highest BCUT2D eigenvalue weighted by molar-refractivity contribution is 7.99. The molecular formula is C22H24N2O7S. The molecule has 0 bridgehead atoms. The number of amides is 1. The van der Waals surface area contributed by atoms with Crippen LogP contribution in [0, 0.1) is 0 Å². The van der Waals surface area contributed by atoms with Crippen molar-refractivity contribution in [3.8, 4) is 5.75 Å². The molecule has 4 N–H and O–H groups in total. The number of ether oxygens (including phenoxy) is 1. The van der Waals surface area contributed by atoms with E-state index in [1.807, 2.05) is 30.3 Å². The minimum absolute atomic E-state index is 0.0296. The van der Waals surface area contributed by atoms with Gasteiger partial charge in [-0.1, -0.05) is 48.5 Å². The monoisotopic (exact) mass is 460 g/mol. The van der Waals surface area contributed by atoms with E-state index in [1.54, 1.807) is 18.2 Å². The number of aliphatic carboxylic acids is 1. The van der Waals surface area contributed by atoms with Crippen molar-refractivity contribution in [3.05, 3.63) is 65.7 Å². The van der Waals surface area contributed by atoms with E-state index < -0.39 is 35.7 Å². The highest BCUT2D eigenvalue weighted by atomic mass is 32.2. The predicted octanol–water partition coefficient (Wildman–Crippen LogP) is 2.66. The van der Waals surface area contributed by atoms with Crippen LogP contribution in [0.15, 0.2) is 54.6 Å². The summed E-state index contributed by atoms with van der Waals surface area (Å²) < 4.78 is 4.87. The third-order valence-corrected chi connectivity index (χ3v) is 6.32. The summed E-state index contributed by atoms with van der Waals surface area (Å²) >= 11 is 1.26. The highest BCUT2D eigenvalue weighted by Crippen LogP contribution is 2.44. The lowest BCUT2D eigenvalue weighted by atomic mass is 10.1. The number of nitrogens with one attached hydrogen (secondary N) is 1. The van der Waals surface area contributed by atoms with Crippen LogP contribution in [0.1, 0.15) is 22.9 Å².